The number of aryl methyl sites for hydroxylation is 5. The largest absolute Gasteiger partial charge is 0.493 e. The molecule has 6 aliphatic heterocycles. The lowest BCUT2D eigenvalue weighted by molar-refractivity contribution is -0.199. The number of ether oxygens (including phenoxy) is 8. The number of anilines is 6. The quantitative estimate of drug-likeness (QED) is 0.0322. The molecule has 0 bridgehead atoms. The Kier molecular flexibility index (Phi) is 30.4. The van der Waals surface area contributed by atoms with Gasteiger partial charge in [-0.3, -0.25) is 28.8 Å². The molecule has 6 aliphatic rings. The second kappa shape index (κ2) is 41.3. The van der Waals surface area contributed by atoms with Crippen LogP contribution in [0.4, 0.5) is 43.7 Å². The van der Waals surface area contributed by atoms with Crippen molar-refractivity contribution in [2.24, 2.45) is 14.1 Å². The molecule has 8 amide bonds. The summed E-state index contributed by atoms with van der Waals surface area (Å²) in [4.78, 5) is 148. The number of amides is 8. The van der Waals surface area contributed by atoms with Gasteiger partial charge in [-0.2, -0.15) is 19.2 Å². The molecular weight excluding hydrogens is 1550 g/mol. The molecule has 30 nitrogen and oxygen atoms in total. The van der Waals surface area contributed by atoms with E-state index >= 15 is 0 Å². The van der Waals surface area contributed by atoms with E-state index in [1.165, 1.54) is 26.8 Å². The number of fused-ring (bicyclic) bond motifs is 6. The van der Waals surface area contributed by atoms with Gasteiger partial charge in [0.25, 0.3) is 23.6 Å². The molecule has 0 saturated carbocycles. The summed E-state index contributed by atoms with van der Waals surface area (Å²) in [6.07, 6.45) is 13.9. The molecular formula is C85H96N10O20S2. The number of carbonyl (C=O) groups is 8. The molecule has 14 rings (SSSR count). The summed E-state index contributed by atoms with van der Waals surface area (Å²) in [7, 11) is 3.50. The standard InChI is InChI=1S/C42H49N5O8S.C41H47N5O8S.2CO2/c1-5-17-54-42(51)47-33-24-35(26(2)20-31(33)40(50)46-16-8-6-11-32(46)41(47)55-38-13-7-9-18-53-38)52-19-10-12-37(48)43-30-23-34(45(4)25-30)39(49)44-29-14-15-36-28(22-29)21-27(3)56-36;1-4-17-53-41(50)46-32-24-34(26(2)21-30(32)39(49)45-16-7-5-10-31(45)40(46)54-37-12-6-8-18-52-37)51-19-9-11-36(47)42-29-23-33(44(3)25-29)38(48)43-28-13-14-35-27(22-28)15-20-55-35;2*2-1-3/h5,14-15,20-25,32,38,41H,1,6-13,16-19H2,2-4H3,(H,43,48)(H,44,49);4,13-15,20-25,31,37,40H,1,5-12,16-19H2,2-3H3,(H,42,47)(H,43,48);;/t32-,38?,41?;31-,37?,40?;;/m00../s1. The summed E-state index contributed by atoms with van der Waals surface area (Å²) in [6, 6.07) is 25.1. The molecule has 8 aromatic rings. The van der Waals surface area contributed by atoms with Crippen LogP contribution in [-0.2, 0) is 71.3 Å². The topological polar surface area (TPSA) is 350 Å². The van der Waals surface area contributed by atoms with Crippen LogP contribution in [0.5, 0.6) is 11.5 Å². The number of aromatic nitrogens is 2. The van der Waals surface area contributed by atoms with Crippen molar-refractivity contribution < 1.29 is 95.4 Å². The van der Waals surface area contributed by atoms with Gasteiger partial charge >= 0.3 is 24.5 Å². The summed E-state index contributed by atoms with van der Waals surface area (Å²) in [6.45, 7) is 15.7. The van der Waals surface area contributed by atoms with E-state index in [-0.39, 0.29) is 87.0 Å². The number of nitrogens with zero attached hydrogens (tertiary/aromatic N) is 6. The number of nitrogens with one attached hydrogen (secondary N) is 4. The molecule has 618 valence electrons. The van der Waals surface area contributed by atoms with E-state index in [4.69, 9.17) is 57.1 Å². The Labute approximate surface area is 684 Å². The van der Waals surface area contributed by atoms with Gasteiger partial charge in [0.05, 0.1) is 59.2 Å². The molecule has 0 radical (unpaired) electrons. The Balaban J connectivity index is 0.000000215. The molecule has 4 saturated heterocycles. The smallest absolute Gasteiger partial charge is 0.416 e. The first-order valence-corrected chi connectivity index (χ1v) is 40.7. The lowest BCUT2D eigenvalue weighted by Crippen LogP contribution is -2.57. The van der Waals surface area contributed by atoms with Crippen LogP contribution in [0.2, 0.25) is 0 Å². The molecule has 4 unspecified atom stereocenters. The fourth-order valence-electron chi connectivity index (χ4n) is 15.1. The molecule has 117 heavy (non-hydrogen) atoms. The number of rotatable bonds is 24. The molecule has 4 aromatic heterocycles. The van der Waals surface area contributed by atoms with Crippen molar-refractivity contribution in [2.75, 3.05) is 83.8 Å². The van der Waals surface area contributed by atoms with Gasteiger partial charge in [-0.05, 0) is 211 Å². The molecule has 10 heterocycles. The van der Waals surface area contributed by atoms with Crippen LogP contribution in [-0.4, -0.2) is 169 Å². The summed E-state index contributed by atoms with van der Waals surface area (Å²) in [5.41, 5.74) is 6.03. The van der Waals surface area contributed by atoms with Crippen molar-refractivity contribution in [3.05, 3.63) is 167 Å². The fourth-order valence-corrected chi connectivity index (χ4v) is 16.8. The lowest BCUT2D eigenvalue weighted by atomic mass is 10.00. The van der Waals surface area contributed by atoms with Crippen LogP contribution >= 0.6 is 22.7 Å². The maximum absolute atomic E-state index is 14.2. The van der Waals surface area contributed by atoms with E-state index in [2.05, 4.69) is 47.4 Å². The Bertz CT molecular complexity index is 4990. The first-order chi connectivity index (χ1) is 56.6. The van der Waals surface area contributed by atoms with Gasteiger partial charge in [0, 0.05) is 103 Å². The first-order valence-electron chi connectivity index (χ1n) is 39.0. The zero-order valence-electron chi connectivity index (χ0n) is 66.0. The van der Waals surface area contributed by atoms with Crippen LogP contribution in [0.25, 0.3) is 20.2 Å². The van der Waals surface area contributed by atoms with Crippen molar-refractivity contribution in [3.63, 3.8) is 0 Å². The normalized spacial score (nSPS) is 18.7. The second-order valence-electron chi connectivity index (χ2n) is 28.8. The van der Waals surface area contributed by atoms with Crippen LogP contribution < -0.4 is 40.5 Å². The number of carbonyl (C=O) groups excluding carboxylic acids is 12. The van der Waals surface area contributed by atoms with E-state index in [1.807, 2.05) is 71.5 Å². The molecule has 4 aromatic carbocycles. The van der Waals surface area contributed by atoms with Gasteiger partial charge in [0.15, 0.2) is 25.0 Å². The van der Waals surface area contributed by atoms with Crippen molar-refractivity contribution >= 4 is 137 Å². The summed E-state index contributed by atoms with van der Waals surface area (Å²) < 4.78 is 54.3. The maximum Gasteiger partial charge on any atom is 0.416 e. The van der Waals surface area contributed by atoms with Gasteiger partial charge in [-0.25, -0.2) is 19.4 Å². The van der Waals surface area contributed by atoms with E-state index < -0.39 is 49.3 Å². The van der Waals surface area contributed by atoms with Crippen molar-refractivity contribution in [3.8, 4) is 11.5 Å². The molecule has 4 N–H and O–H groups in total. The Morgan fingerprint density at radius 1 is 0.530 bits per heavy atom. The number of piperidine rings is 2. The number of hydrogen-bond acceptors (Lipinski definition) is 22. The number of benzene rings is 4. The van der Waals surface area contributed by atoms with Crippen LogP contribution in [0.3, 0.4) is 0 Å². The third-order valence-corrected chi connectivity index (χ3v) is 22.4. The number of thiophene rings is 2. The minimum Gasteiger partial charge on any atom is -0.493 e. The lowest BCUT2D eigenvalue weighted by Gasteiger charge is -2.42. The molecule has 6 atom stereocenters. The highest BCUT2D eigenvalue weighted by Crippen LogP contribution is 2.43. The summed E-state index contributed by atoms with van der Waals surface area (Å²) in [5.74, 6) is -0.440. The van der Waals surface area contributed by atoms with Gasteiger partial charge in [-0.15, -0.1) is 22.7 Å². The van der Waals surface area contributed by atoms with Crippen molar-refractivity contribution in [2.45, 2.75) is 161 Å². The monoisotopic (exact) mass is 1640 g/mol. The molecule has 32 heteroatoms. The number of hydrogen-bond donors (Lipinski definition) is 4. The van der Waals surface area contributed by atoms with Crippen LogP contribution in [0.1, 0.15) is 160 Å². The predicted octanol–water partition coefficient (Wildman–Crippen LogP) is 14.4. The van der Waals surface area contributed by atoms with E-state index in [9.17, 15) is 38.4 Å². The van der Waals surface area contributed by atoms with Crippen molar-refractivity contribution in [1.29, 1.82) is 0 Å². The van der Waals surface area contributed by atoms with Gasteiger partial charge < -0.3 is 78.1 Å². The summed E-state index contributed by atoms with van der Waals surface area (Å²) >= 11 is 3.35. The van der Waals surface area contributed by atoms with E-state index in [0.717, 1.165) is 71.5 Å². The molecule has 0 spiro atoms. The highest BCUT2D eigenvalue weighted by molar-refractivity contribution is 7.19. The summed E-state index contributed by atoms with van der Waals surface area (Å²) in [5, 5.41) is 15.8. The van der Waals surface area contributed by atoms with Gasteiger partial charge in [0.2, 0.25) is 11.8 Å². The highest BCUT2D eigenvalue weighted by Gasteiger charge is 2.49. The predicted molar refractivity (Wildman–Crippen MR) is 437 cm³/mol. The molecule has 0 aliphatic carbocycles. The third kappa shape index (κ3) is 21.7. The first kappa shape index (κ1) is 86.3. The fraction of sp³-hybridized carbons (Fsp3) is 0.412. The van der Waals surface area contributed by atoms with Crippen LogP contribution in [0, 0.1) is 20.8 Å². The third-order valence-electron chi connectivity index (χ3n) is 20.5. The van der Waals surface area contributed by atoms with Gasteiger partial charge in [-0.1, -0.05) is 25.3 Å². The van der Waals surface area contributed by atoms with Gasteiger partial charge in [0.1, 0.15) is 36.1 Å². The second-order valence-corrected chi connectivity index (χ2v) is 31.1. The molecule has 4 fully saturated rings. The SMILES string of the molecule is C=CCOC(=O)N1c2cc(OCCCC(=O)Nc3cc(C(=O)Nc4ccc5sc(C)cc5c4)n(C)c3)c(C)cc2C(=O)N2CCCC[C@H]2C1OC1CCCCO1.C=CCOC(=O)N1c2cc(OCCCC(=O)Nc3cc(C(=O)Nc4ccc5sccc5c4)n(C)c3)c(C)cc2C(=O)N2CCCC[C@H]2C1OC1CCCCO1.O=C=O.O=C=O. The minimum absolute atomic E-state index is 0.0130. The van der Waals surface area contributed by atoms with Crippen molar-refractivity contribution in [1.82, 2.24) is 18.9 Å². The highest BCUT2D eigenvalue weighted by atomic mass is 32.1. The van der Waals surface area contributed by atoms with Crippen LogP contribution in [0.15, 0.2) is 128 Å². The van der Waals surface area contributed by atoms with E-state index in [0.29, 0.717) is 144 Å². The Morgan fingerprint density at radius 3 is 1.42 bits per heavy atom. The Morgan fingerprint density at radius 2 is 0.974 bits per heavy atom. The zero-order chi connectivity index (χ0) is 83.2. The zero-order valence-corrected chi connectivity index (χ0v) is 67.6. The average Bonchev–Trinajstić information content (AvgIpc) is 1.62. The van der Waals surface area contributed by atoms with E-state index in [1.54, 1.807) is 94.7 Å². The average molecular weight is 1640 g/mol. The maximum atomic E-state index is 14.2. The Hall–Kier alpha value is -11.6. The minimum atomic E-state index is -0.843.